The van der Waals surface area contributed by atoms with Crippen LogP contribution in [0.3, 0.4) is 0 Å². The predicted octanol–water partition coefficient (Wildman–Crippen LogP) is 4.66. The van der Waals surface area contributed by atoms with Crippen molar-refractivity contribution in [3.05, 3.63) is 65.9 Å². The Morgan fingerprint density at radius 1 is 0.838 bits per heavy atom. The number of alkyl halides is 3. The molecule has 11 heteroatoms. The smallest absolute Gasteiger partial charge is 0.301 e. The van der Waals surface area contributed by atoms with Crippen molar-refractivity contribution in [2.24, 2.45) is 0 Å². The highest BCUT2D eigenvalue weighted by molar-refractivity contribution is 7.89. The molecule has 1 aromatic heterocycles. The summed E-state index contributed by atoms with van der Waals surface area (Å²) in [6.07, 6.45) is -1.74. The molecule has 0 spiro atoms. The van der Waals surface area contributed by atoms with Gasteiger partial charge < -0.3 is 4.90 Å². The molecule has 1 saturated heterocycles. The fourth-order valence-corrected chi connectivity index (χ4v) is 5.72. The summed E-state index contributed by atoms with van der Waals surface area (Å²) in [4.78, 5) is 2.06. The molecule has 1 aliphatic heterocycles. The maximum Gasteiger partial charge on any atom is 0.416 e. The number of hydrogen-bond acceptors (Lipinski definition) is 5. The number of aryl methyl sites for hydroxylation is 1. The number of benzene rings is 2. The SMILES string of the molecule is CC(C)(C)c1ccc(-c2cn(CCCN3CCN(S(=O)(=O)c4ccc(C(F)(F)F)cc4)CC3)nn2)cc1. The normalized spacial score (nSPS) is 16.3. The van der Waals surface area contributed by atoms with E-state index in [0.29, 0.717) is 32.7 Å². The van der Waals surface area contributed by atoms with Crippen LogP contribution in [0.25, 0.3) is 11.3 Å². The number of hydrogen-bond donors (Lipinski definition) is 0. The van der Waals surface area contributed by atoms with Gasteiger partial charge in [0.15, 0.2) is 0 Å². The minimum atomic E-state index is -4.50. The number of nitrogens with zero attached hydrogens (tertiary/aromatic N) is 5. The van der Waals surface area contributed by atoms with E-state index in [4.69, 9.17) is 0 Å². The molecule has 0 amide bonds. The lowest BCUT2D eigenvalue weighted by Gasteiger charge is -2.34. The van der Waals surface area contributed by atoms with Gasteiger partial charge in [0, 0.05) is 44.8 Å². The third kappa shape index (κ3) is 6.58. The van der Waals surface area contributed by atoms with E-state index in [0.717, 1.165) is 48.5 Å². The first-order valence-corrected chi connectivity index (χ1v) is 13.7. The predicted molar refractivity (Wildman–Crippen MR) is 135 cm³/mol. The van der Waals surface area contributed by atoms with Crippen molar-refractivity contribution >= 4 is 10.0 Å². The highest BCUT2D eigenvalue weighted by Crippen LogP contribution is 2.30. The molecule has 7 nitrogen and oxygen atoms in total. The molecule has 2 aromatic carbocycles. The number of halogens is 3. The second-order valence-electron chi connectivity index (χ2n) is 10.3. The molecule has 0 aliphatic carbocycles. The van der Waals surface area contributed by atoms with Crippen LogP contribution in [0.1, 0.15) is 38.3 Å². The third-order valence-electron chi connectivity index (χ3n) is 6.60. The largest absolute Gasteiger partial charge is 0.416 e. The molecule has 2 heterocycles. The molecule has 4 rings (SSSR count). The van der Waals surface area contributed by atoms with Gasteiger partial charge in [-0.2, -0.15) is 17.5 Å². The van der Waals surface area contributed by atoms with Gasteiger partial charge in [-0.25, -0.2) is 8.42 Å². The lowest BCUT2D eigenvalue weighted by molar-refractivity contribution is -0.137. The summed E-state index contributed by atoms with van der Waals surface area (Å²) in [6.45, 7) is 9.71. The highest BCUT2D eigenvalue weighted by atomic mass is 32.2. The van der Waals surface area contributed by atoms with Gasteiger partial charge in [-0.1, -0.05) is 50.3 Å². The van der Waals surface area contributed by atoms with Crippen LogP contribution in [-0.4, -0.2) is 65.3 Å². The Labute approximate surface area is 215 Å². The summed E-state index contributed by atoms with van der Waals surface area (Å²) >= 11 is 0. The number of piperazine rings is 1. The Morgan fingerprint density at radius 2 is 1.43 bits per heavy atom. The van der Waals surface area contributed by atoms with Gasteiger partial charge in [-0.15, -0.1) is 5.10 Å². The summed E-state index contributed by atoms with van der Waals surface area (Å²) in [7, 11) is -3.83. The quantitative estimate of drug-likeness (QED) is 0.440. The Hall–Kier alpha value is -2.76. The van der Waals surface area contributed by atoms with Crippen LogP contribution in [0.4, 0.5) is 13.2 Å². The Morgan fingerprint density at radius 3 is 2.00 bits per heavy atom. The van der Waals surface area contributed by atoms with Crippen LogP contribution < -0.4 is 0 Å². The van der Waals surface area contributed by atoms with E-state index < -0.39 is 21.8 Å². The van der Waals surface area contributed by atoms with Crippen molar-refractivity contribution in [1.29, 1.82) is 0 Å². The topological polar surface area (TPSA) is 71.3 Å². The zero-order valence-electron chi connectivity index (χ0n) is 21.2. The van der Waals surface area contributed by atoms with Gasteiger partial charge >= 0.3 is 6.18 Å². The van der Waals surface area contributed by atoms with Crippen LogP contribution in [-0.2, 0) is 28.2 Å². The molecule has 0 unspecified atom stereocenters. The monoisotopic (exact) mass is 535 g/mol. The molecule has 0 N–H and O–H groups in total. The van der Waals surface area contributed by atoms with E-state index in [-0.39, 0.29) is 10.3 Å². The van der Waals surface area contributed by atoms with E-state index in [1.165, 1.54) is 9.87 Å². The van der Waals surface area contributed by atoms with Gasteiger partial charge in [0.2, 0.25) is 10.0 Å². The molecule has 3 aromatic rings. The molecular weight excluding hydrogens is 503 g/mol. The van der Waals surface area contributed by atoms with Crippen molar-refractivity contribution in [2.45, 2.75) is 50.2 Å². The van der Waals surface area contributed by atoms with E-state index in [1.54, 1.807) is 0 Å². The number of sulfonamides is 1. The Balaban J connectivity index is 1.25. The van der Waals surface area contributed by atoms with Crippen molar-refractivity contribution in [1.82, 2.24) is 24.2 Å². The summed E-state index contributed by atoms with van der Waals surface area (Å²) < 4.78 is 67.2. The standard InChI is InChI=1S/C26H32F3N5O2S/c1-25(2,3)21-7-5-20(6-8-21)24-19-33(31-30-24)14-4-13-32-15-17-34(18-16-32)37(35,36)23-11-9-22(10-12-23)26(27,28)29/h5-12,19H,4,13-18H2,1-3H3. The molecule has 0 radical (unpaired) electrons. The Bertz CT molecular complexity index is 1290. The average Bonchev–Trinajstić information content (AvgIpc) is 3.32. The van der Waals surface area contributed by atoms with Crippen LogP contribution >= 0.6 is 0 Å². The Kier molecular flexibility index (Phi) is 7.77. The minimum Gasteiger partial charge on any atom is -0.301 e. The van der Waals surface area contributed by atoms with E-state index >= 15 is 0 Å². The van der Waals surface area contributed by atoms with Crippen LogP contribution in [0.5, 0.6) is 0 Å². The second kappa shape index (κ2) is 10.5. The van der Waals surface area contributed by atoms with Crippen molar-refractivity contribution in [3.63, 3.8) is 0 Å². The van der Waals surface area contributed by atoms with E-state index in [1.807, 2.05) is 10.9 Å². The highest BCUT2D eigenvalue weighted by Gasteiger charge is 2.32. The fourth-order valence-electron chi connectivity index (χ4n) is 4.30. The summed E-state index contributed by atoms with van der Waals surface area (Å²) in [6, 6.07) is 12.0. The molecule has 200 valence electrons. The fraction of sp³-hybridized carbons (Fsp3) is 0.462. The van der Waals surface area contributed by atoms with Gasteiger partial charge in [-0.3, -0.25) is 4.68 Å². The first-order chi connectivity index (χ1) is 17.3. The zero-order chi connectivity index (χ0) is 26.8. The minimum absolute atomic E-state index is 0.0913. The lowest BCUT2D eigenvalue weighted by atomic mass is 9.86. The number of rotatable bonds is 7. The summed E-state index contributed by atoms with van der Waals surface area (Å²) in [5, 5.41) is 8.53. The first-order valence-electron chi connectivity index (χ1n) is 12.2. The van der Waals surface area contributed by atoms with Crippen LogP contribution in [0, 0.1) is 0 Å². The van der Waals surface area contributed by atoms with Gasteiger partial charge in [-0.05, 0) is 41.7 Å². The molecule has 37 heavy (non-hydrogen) atoms. The summed E-state index contributed by atoms with van der Waals surface area (Å²) in [5.74, 6) is 0. The van der Waals surface area contributed by atoms with Gasteiger partial charge in [0.05, 0.1) is 16.7 Å². The average molecular weight is 536 g/mol. The molecular formula is C26H32F3N5O2S. The van der Waals surface area contributed by atoms with Crippen molar-refractivity contribution < 1.29 is 21.6 Å². The van der Waals surface area contributed by atoms with Gasteiger partial charge in [0.1, 0.15) is 5.69 Å². The van der Waals surface area contributed by atoms with Crippen molar-refractivity contribution in [3.8, 4) is 11.3 Å². The molecule has 0 saturated carbocycles. The molecule has 0 atom stereocenters. The molecule has 1 fully saturated rings. The lowest BCUT2D eigenvalue weighted by Crippen LogP contribution is -2.48. The second-order valence-corrected chi connectivity index (χ2v) is 12.3. The summed E-state index contributed by atoms with van der Waals surface area (Å²) in [5.41, 5.74) is 2.32. The number of aromatic nitrogens is 3. The zero-order valence-corrected chi connectivity index (χ0v) is 22.1. The molecule has 1 aliphatic rings. The van der Waals surface area contributed by atoms with Gasteiger partial charge in [0.25, 0.3) is 0 Å². The van der Waals surface area contributed by atoms with E-state index in [2.05, 4.69) is 60.2 Å². The maximum absolute atomic E-state index is 12.8. The maximum atomic E-state index is 12.8. The first kappa shape index (κ1) is 27.3. The third-order valence-corrected chi connectivity index (χ3v) is 8.51. The van der Waals surface area contributed by atoms with E-state index in [9.17, 15) is 21.6 Å². The van der Waals surface area contributed by atoms with Crippen molar-refractivity contribution in [2.75, 3.05) is 32.7 Å². The molecule has 0 bridgehead atoms. The van der Waals surface area contributed by atoms with Crippen LogP contribution in [0.15, 0.2) is 59.6 Å². The van der Waals surface area contributed by atoms with Crippen LogP contribution in [0.2, 0.25) is 0 Å².